The third kappa shape index (κ3) is 0.980. The average molecular weight is 273 g/mol. The molecule has 0 aromatic carbocycles. The Balaban J connectivity index is 1.85. The van der Waals surface area contributed by atoms with Crippen molar-refractivity contribution in [2.45, 2.75) is 44.2 Å². The zero-order valence-electron chi connectivity index (χ0n) is 11.7. The zero-order valence-corrected chi connectivity index (χ0v) is 11.7. The molecule has 0 radical (unpaired) electrons. The summed E-state index contributed by atoms with van der Waals surface area (Å²) < 4.78 is 4.78. The van der Waals surface area contributed by atoms with Crippen molar-refractivity contribution in [1.82, 2.24) is 13.9 Å². The van der Waals surface area contributed by atoms with Crippen LogP contribution in [0, 0.1) is 17.3 Å². The number of aromatic nitrogens is 3. The Labute approximate surface area is 116 Å². The average Bonchev–Trinajstić information content (AvgIpc) is 3.18. The van der Waals surface area contributed by atoms with Gasteiger partial charge in [-0.25, -0.2) is 23.5 Å². The molecule has 5 nitrogen and oxygen atoms in total. The highest BCUT2D eigenvalue weighted by Crippen LogP contribution is 2.68. The summed E-state index contributed by atoms with van der Waals surface area (Å²) >= 11 is 0. The van der Waals surface area contributed by atoms with Crippen LogP contribution in [-0.4, -0.2) is 13.9 Å². The third-order valence-corrected chi connectivity index (χ3v) is 6.35. The summed E-state index contributed by atoms with van der Waals surface area (Å²) in [6, 6.07) is 0.207. The highest BCUT2D eigenvalue weighted by atomic mass is 16.2. The molecule has 20 heavy (non-hydrogen) atoms. The van der Waals surface area contributed by atoms with Gasteiger partial charge in [0.15, 0.2) is 0 Å². The Kier molecular flexibility index (Phi) is 1.79. The van der Waals surface area contributed by atoms with Gasteiger partial charge in [-0.3, -0.25) is 0 Å². The Bertz CT molecular complexity index is 748. The smallest absolute Gasteiger partial charge is 0.246 e. The van der Waals surface area contributed by atoms with Gasteiger partial charge in [0.25, 0.3) is 0 Å². The van der Waals surface area contributed by atoms with Crippen LogP contribution < -0.4 is 11.4 Å². The van der Waals surface area contributed by atoms with Crippen molar-refractivity contribution in [3.05, 3.63) is 33.1 Å². The molecule has 4 atom stereocenters. The van der Waals surface area contributed by atoms with Crippen LogP contribution in [0.5, 0.6) is 0 Å². The first kappa shape index (κ1) is 11.2. The molecule has 2 fully saturated rings. The molecule has 3 aliphatic carbocycles. The van der Waals surface area contributed by atoms with Crippen LogP contribution in [-0.2, 0) is 7.05 Å². The normalized spacial score (nSPS) is 41.0. The molecule has 0 unspecified atom stereocenters. The molecule has 1 aromatic rings. The van der Waals surface area contributed by atoms with E-state index in [2.05, 4.69) is 12.2 Å². The summed E-state index contributed by atoms with van der Waals surface area (Å²) in [4.78, 5) is 24.8. The maximum absolute atomic E-state index is 12.5. The molecule has 0 saturated heterocycles. The van der Waals surface area contributed by atoms with Gasteiger partial charge in [-0.2, -0.15) is 0 Å². The number of hydrogen-bond donors (Lipinski definition) is 0. The van der Waals surface area contributed by atoms with Crippen molar-refractivity contribution in [3.8, 4) is 0 Å². The first-order chi connectivity index (χ1) is 9.66. The van der Waals surface area contributed by atoms with E-state index in [0.717, 1.165) is 5.92 Å². The molecule has 1 aromatic heterocycles. The first-order valence-electron chi connectivity index (χ1n) is 7.74. The fourth-order valence-electron chi connectivity index (χ4n) is 5.50. The van der Waals surface area contributed by atoms with Crippen LogP contribution in [0.15, 0.2) is 21.7 Å². The lowest BCUT2D eigenvalue weighted by Crippen LogP contribution is -2.54. The maximum atomic E-state index is 12.5. The summed E-state index contributed by atoms with van der Waals surface area (Å²) in [6.07, 6.45) is 10.7. The van der Waals surface area contributed by atoms with Gasteiger partial charge in [0.1, 0.15) is 0 Å². The Hall–Kier alpha value is -1.52. The molecule has 5 aliphatic rings. The summed E-state index contributed by atoms with van der Waals surface area (Å²) in [6.45, 7) is 0. The predicted molar refractivity (Wildman–Crippen MR) is 73.6 cm³/mol. The van der Waals surface area contributed by atoms with Crippen LogP contribution in [0.4, 0.5) is 0 Å². The van der Waals surface area contributed by atoms with Crippen molar-refractivity contribution in [2.24, 2.45) is 24.3 Å². The zero-order chi connectivity index (χ0) is 13.6. The van der Waals surface area contributed by atoms with Crippen LogP contribution >= 0.6 is 0 Å². The van der Waals surface area contributed by atoms with E-state index in [1.807, 2.05) is 0 Å². The van der Waals surface area contributed by atoms with E-state index in [0.29, 0.717) is 5.92 Å². The monoisotopic (exact) mass is 273 g/mol. The van der Waals surface area contributed by atoms with E-state index in [1.54, 1.807) is 16.4 Å². The molecule has 2 bridgehead atoms. The van der Waals surface area contributed by atoms with Crippen molar-refractivity contribution < 1.29 is 0 Å². The third-order valence-electron chi connectivity index (χ3n) is 6.35. The second kappa shape index (κ2) is 3.21. The number of allylic oxidation sites excluding steroid dienone is 2. The molecular weight excluding hydrogens is 254 g/mol. The van der Waals surface area contributed by atoms with Crippen molar-refractivity contribution >= 4 is 0 Å². The molecule has 2 aliphatic heterocycles. The summed E-state index contributed by atoms with van der Waals surface area (Å²) in [5.41, 5.74) is -0.0257. The lowest BCUT2D eigenvalue weighted by molar-refractivity contribution is 0.000448. The Morgan fingerprint density at radius 3 is 2.60 bits per heavy atom. The Morgan fingerprint density at radius 2 is 1.85 bits per heavy atom. The topological polar surface area (TPSA) is 48.9 Å². The van der Waals surface area contributed by atoms with Gasteiger partial charge < -0.3 is 0 Å². The summed E-state index contributed by atoms with van der Waals surface area (Å²) in [5.74, 6) is 1.33. The van der Waals surface area contributed by atoms with Gasteiger partial charge in [0.05, 0.1) is 12.1 Å². The van der Waals surface area contributed by atoms with E-state index >= 15 is 0 Å². The van der Waals surface area contributed by atoms with Gasteiger partial charge in [-0.1, -0.05) is 18.6 Å². The van der Waals surface area contributed by atoms with Crippen LogP contribution in [0.3, 0.4) is 0 Å². The Morgan fingerprint density at radius 1 is 1.10 bits per heavy atom. The molecule has 0 spiro atoms. The van der Waals surface area contributed by atoms with Gasteiger partial charge in [0.2, 0.25) is 0 Å². The molecule has 0 amide bonds. The fourth-order valence-corrected chi connectivity index (χ4v) is 5.50. The number of hydrogen-bond acceptors (Lipinski definition) is 2. The van der Waals surface area contributed by atoms with E-state index < -0.39 is 0 Å². The quantitative estimate of drug-likeness (QED) is 0.722. The second-order valence-electron chi connectivity index (χ2n) is 7.02. The van der Waals surface area contributed by atoms with Gasteiger partial charge in [-0.15, -0.1) is 0 Å². The second-order valence-corrected chi connectivity index (χ2v) is 7.02. The van der Waals surface area contributed by atoms with Gasteiger partial charge in [0, 0.05) is 12.5 Å². The van der Waals surface area contributed by atoms with E-state index in [1.165, 1.54) is 36.7 Å². The highest BCUT2D eigenvalue weighted by Gasteiger charge is 2.63. The maximum Gasteiger partial charge on any atom is 0.347 e. The molecule has 5 heteroatoms. The summed E-state index contributed by atoms with van der Waals surface area (Å²) in [7, 11) is 1.60. The molecule has 2 saturated carbocycles. The van der Waals surface area contributed by atoms with E-state index in [9.17, 15) is 9.59 Å². The molecule has 106 valence electrons. The number of rotatable bonds is 1. The van der Waals surface area contributed by atoms with Crippen LogP contribution in [0.25, 0.3) is 0 Å². The fraction of sp³-hybridized carbons (Fsp3) is 0.733. The van der Waals surface area contributed by atoms with Crippen molar-refractivity contribution in [2.75, 3.05) is 0 Å². The van der Waals surface area contributed by atoms with Crippen molar-refractivity contribution in [1.29, 1.82) is 0 Å². The van der Waals surface area contributed by atoms with E-state index in [-0.39, 0.29) is 28.9 Å². The minimum Gasteiger partial charge on any atom is -0.246 e. The molecular formula is C15H19N3O2. The highest BCUT2D eigenvalue weighted by molar-refractivity contribution is 5.23. The first-order valence-corrected chi connectivity index (χ1v) is 7.74. The lowest BCUT2D eigenvalue weighted by atomic mass is 9.61. The SMILES string of the molecule is Cn1c(=O)n2n(c1=O)[C@H]1C=C[C@H]2[C@@]2(C3CC3)CCC[C@H]12. The standard InChI is InChI=1S/C15H19N3O2/c1-16-13(19)17-11-6-7-12(18(17)14(16)20)15(9-4-5-9)8-2-3-10(11)15/h6-7,9-12H,2-5,8H2,1H3/t10-,11+,12+,15-/m1/s1. The van der Waals surface area contributed by atoms with E-state index in [4.69, 9.17) is 0 Å². The van der Waals surface area contributed by atoms with Crippen molar-refractivity contribution in [3.63, 3.8) is 0 Å². The number of nitrogens with zero attached hydrogens (tertiary/aromatic N) is 3. The predicted octanol–water partition coefficient (Wildman–Crippen LogP) is 1.21. The van der Waals surface area contributed by atoms with Gasteiger partial charge >= 0.3 is 11.4 Å². The van der Waals surface area contributed by atoms with Gasteiger partial charge in [-0.05, 0) is 37.5 Å². The largest absolute Gasteiger partial charge is 0.347 e. The van der Waals surface area contributed by atoms with Crippen LogP contribution in [0.1, 0.15) is 44.2 Å². The molecule has 0 N–H and O–H groups in total. The minimum atomic E-state index is -0.148. The molecule has 3 heterocycles. The summed E-state index contributed by atoms with van der Waals surface area (Å²) in [5, 5.41) is 0. The van der Waals surface area contributed by atoms with Crippen LogP contribution in [0.2, 0.25) is 0 Å². The minimum absolute atomic E-state index is 0.101. The molecule has 6 rings (SSSR count). The lowest BCUT2D eigenvalue weighted by Gasteiger charge is -2.52.